The quantitative estimate of drug-likeness (QED) is 0.606. The molecule has 0 aliphatic rings. The summed E-state index contributed by atoms with van der Waals surface area (Å²) in [5.74, 6) is -0.273. The van der Waals surface area contributed by atoms with E-state index in [1.165, 1.54) is 18.9 Å². The van der Waals surface area contributed by atoms with Gasteiger partial charge in [0.1, 0.15) is 17.2 Å². The summed E-state index contributed by atoms with van der Waals surface area (Å²) in [6, 6.07) is 1.86. The van der Waals surface area contributed by atoms with E-state index in [2.05, 4.69) is 20.3 Å². The lowest BCUT2D eigenvalue weighted by molar-refractivity contribution is 0.0691. The summed E-state index contributed by atoms with van der Waals surface area (Å²) in [6.07, 6.45) is 6.45. The van der Waals surface area contributed by atoms with Crippen molar-refractivity contribution in [3.05, 3.63) is 30.6 Å². The highest BCUT2D eigenvalue weighted by atomic mass is 32.2. The van der Waals surface area contributed by atoms with Crippen molar-refractivity contribution in [3.8, 4) is 0 Å². The maximum Gasteiger partial charge on any atom is 0.356 e. The van der Waals surface area contributed by atoms with Crippen LogP contribution in [-0.2, 0) is 6.54 Å². The monoisotopic (exact) mass is 279 g/mol. The Morgan fingerprint density at radius 3 is 3.00 bits per heavy atom. The fraction of sp³-hybridized carbons (Fsp3) is 0.273. The Labute approximate surface area is 114 Å². The van der Waals surface area contributed by atoms with Crippen molar-refractivity contribution in [2.75, 3.05) is 18.1 Å². The molecular weight excluding hydrogens is 266 g/mol. The minimum Gasteiger partial charge on any atom is -0.476 e. The molecule has 0 fully saturated rings. The third-order valence-electron chi connectivity index (χ3n) is 2.38. The van der Waals surface area contributed by atoms with Gasteiger partial charge in [-0.15, -0.1) is 11.8 Å². The maximum atomic E-state index is 10.7. The van der Waals surface area contributed by atoms with E-state index in [0.717, 1.165) is 10.8 Å². The number of aromatic nitrogens is 4. The Kier molecular flexibility index (Phi) is 4.35. The third kappa shape index (κ3) is 3.68. The second-order valence-corrected chi connectivity index (χ2v) is 4.50. The first kappa shape index (κ1) is 13.3. The van der Waals surface area contributed by atoms with Crippen LogP contribution in [0.2, 0.25) is 0 Å². The van der Waals surface area contributed by atoms with Crippen molar-refractivity contribution in [2.24, 2.45) is 0 Å². The van der Waals surface area contributed by atoms with Gasteiger partial charge < -0.3 is 15.0 Å². The van der Waals surface area contributed by atoms with Crippen LogP contribution >= 0.6 is 11.8 Å². The van der Waals surface area contributed by atoms with Crippen LogP contribution in [0.25, 0.3) is 0 Å². The number of carboxylic acids is 1. The molecule has 2 aromatic rings. The molecule has 19 heavy (non-hydrogen) atoms. The van der Waals surface area contributed by atoms with E-state index in [0.29, 0.717) is 13.1 Å². The Morgan fingerprint density at radius 1 is 1.47 bits per heavy atom. The molecule has 2 heterocycles. The zero-order valence-corrected chi connectivity index (χ0v) is 11.1. The van der Waals surface area contributed by atoms with Crippen LogP contribution in [-0.4, -0.2) is 43.4 Å². The van der Waals surface area contributed by atoms with Gasteiger partial charge in [-0.1, -0.05) is 0 Å². The second kappa shape index (κ2) is 6.19. The largest absolute Gasteiger partial charge is 0.476 e. The lowest BCUT2D eigenvalue weighted by Crippen LogP contribution is -2.10. The van der Waals surface area contributed by atoms with Crippen molar-refractivity contribution in [1.29, 1.82) is 0 Å². The highest BCUT2D eigenvalue weighted by Crippen LogP contribution is 2.13. The number of aromatic carboxylic acids is 1. The van der Waals surface area contributed by atoms with Crippen molar-refractivity contribution < 1.29 is 9.90 Å². The molecule has 0 bridgehead atoms. The van der Waals surface area contributed by atoms with E-state index in [4.69, 9.17) is 5.11 Å². The van der Waals surface area contributed by atoms with Gasteiger partial charge in [0.2, 0.25) is 0 Å². The predicted octanol–water partition coefficient (Wildman–Crippen LogP) is 1.21. The molecule has 0 amide bonds. The van der Waals surface area contributed by atoms with Crippen molar-refractivity contribution in [1.82, 2.24) is 19.5 Å². The predicted molar refractivity (Wildman–Crippen MR) is 71.5 cm³/mol. The van der Waals surface area contributed by atoms with Gasteiger partial charge in [-0.05, 0) is 6.26 Å². The van der Waals surface area contributed by atoms with Crippen molar-refractivity contribution in [2.45, 2.75) is 11.6 Å². The maximum absolute atomic E-state index is 10.7. The first-order valence-corrected chi connectivity index (χ1v) is 6.76. The van der Waals surface area contributed by atoms with Crippen LogP contribution < -0.4 is 5.32 Å². The first-order valence-electron chi connectivity index (χ1n) is 5.54. The van der Waals surface area contributed by atoms with E-state index < -0.39 is 5.97 Å². The highest BCUT2D eigenvalue weighted by Gasteiger charge is 2.05. The number of carboxylic acid groups (broad SMARTS) is 1. The topological polar surface area (TPSA) is 92.9 Å². The number of thioether (sulfide) groups is 1. The average molecular weight is 279 g/mol. The van der Waals surface area contributed by atoms with Gasteiger partial charge in [-0.25, -0.2) is 19.7 Å². The molecule has 0 aliphatic heterocycles. The first-order chi connectivity index (χ1) is 9.19. The molecule has 0 atom stereocenters. The van der Waals surface area contributed by atoms with Crippen LogP contribution in [0.5, 0.6) is 0 Å². The molecule has 100 valence electrons. The van der Waals surface area contributed by atoms with Crippen molar-refractivity contribution in [3.63, 3.8) is 0 Å². The summed E-state index contributed by atoms with van der Waals surface area (Å²) < 4.78 is 1.72. The molecule has 7 nitrogen and oxygen atoms in total. The number of carbonyl (C=O) groups is 1. The Morgan fingerprint density at radius 2 is 2.32 bits per heavy atom. The fourth-order valence-corrected chi connectivity index (χ4v) is 1.84. The van der Waals surface area contributed by atoms with Gasteiger partial charge in [-0.2, -0.15) is 0 Å². The van der Waals surface area contributed by atoms with Crippen LogP contribution in [0.3, 0.4) is 0 Å². The van der Waals surface area contributed by atoms with Gasteiger partial charge in [0.25, 0.3) is 0 Å². The molecule has 0 radical (unpaired) electrons. The Balaban J connectivity index is 1.86. The summed E-state index contributed by atoms with van der Waals surface area (Å²) in [7, 11) is 0. The van der Waals surface area contributed by atoms with E-state index in [1.807, 2.05) is 12.3 Å². The zero-order chi connectivity index (χ0) is 13.7. The SMILES string of the molecule is CSc1cc(NCCn2cnc(C(=O)O)c2)ncn1. The van der Waals surface area contributed by atoms with Gasteiger partial charge in [0.05, 0.1) is 6.33 Å². The molecule has 2 rings (SSSR count). The average Bonchev–Trinajstić information content (AvgIpc) is 2.88. The number of rotatable bonds is 6. The zero-order valence-electron chi connectivity index (χ0n) is 10.3. The molecule has 0 aromatic carbocycles. The molecule has 8 heteroatoms. The van der Waals surface area contributed by atoms with Crippen LogP contribution in [0.4, 0.5) is 5.82 Å². The van der Waals surface area contributed by atoms with Gasteiger partial charge in [0, 0.05) is 25.4 Å². The molecule has 2 N–H and O–H groups in total. The molecule has 0 spiro atoms. The number of hydrogen-bond donors (Lipinski definition) is 2. The summed E-state index contributed by atoms with van der Waals surface area (Å²) >= 11 is 1.55. The molecule has 0 saturated carbocycles. The Bertz CT molecular complexity index is 572. The number of anilines is 1. The van der Waals surface area contributed by atoms with Crippen LogP contribution in [0.15, 0.2) is 29.9 Å². The van der Waals surface area contributed by atoms with Crippen LogP contribution in [0, 0.1) is 0 Å². The van der Waals surface area contributed by atoms with Crippen LogP contribution in [0.1, 0.15) is 10.5 Å². The number of nitrogens with zero attached hydrogens (tertiary/aromatic N) is 4. The molecular formula is C11H13N5O2S. The Hall–Kier alpha value is -2.09. The lowest BCUT2D eigenvalue weighted by atomic mass is 10.5. The number of nitrogens with one attached hydrogen (secondary N) is 1. The van der Waals surface area contributed by atoms with Gasteiger partial charge in [-0.3, -0.25) is 0 Å². The summed E-state index contributed by atoms with van der Waals surface area (Å²) in [6.45, 7) is 1.24. The van der Waals surface area contributed by atoms with Crippen molar-refractivity contribution >= 4 is 23.5 Å². The van der Waals surface area contributed by atoms with E-state index in [-0.39, 0.29) is 5.69 Å². The normalized spacial score (nSPS) is 10.4. The minimum absolute atomic E-state index is 0.0479. The van der Waals surface area contributed by atoms with Gasteiger partial charge >= 0.3 is 5.97 Å². The molecule has 0 unspecified atom stereocenters. The van der Waals surface area contributed by atoms with E-state index in [1.54, 1.807) is 16.3 Å². The molecule has 0 aliphatic carbocycles. The number of imidazole rings is 1. The second-order valence-electron chi connectivity index (χ2n) is 3.67. The fourth-order valence-electron chi connectivity index (χ4n) is 1.45. The van der Waals surface area contributed by atoms with Gasteiger partial charge in [0.15, 0.2) is 5.69 Å². The third-order valence-corrected chi connectivity index (χ3v) is 3.02. The number of hydrogen-bond acceptors (Lipinski definition) is 6. The summed E-state index contributed by atoms with van der Waals surface area (Å²) in [4.78, 5) is 22.6. The molecule has 2 aromatic heterocycles. The minimum atomic E-state index is -1.02. The summed E-state index contributed by atoms with van der Waals surface area (Å²) in [5, 5.41) is 12.8. The molecule has 0 saturated heterocycles. The van der Waals surface area contributed by atoms with E-state index >= 15 is 0 Å². The highest BCUT2D eigenvalue weighted by molar-refractivity contribution is 7.98. The smallest absolute Gasteiger partial charge is 0.356 e. The lowest BCUT2D eigenvalue weighted by Gasteiger charge is -2.06. The summed E-state index contributed by atoms with van der Waals surface area (Å²) in [5.41, 5.74) is 0.0479. The van der Waals surface area contributed by atoms with E-state index in [9.17, 15) is 4.79 Å². The standard InChI is InChI=1S/C11H13N5O2S/c1-19-10-4-9(13-6-14-10)12-2-3-16-5-8(11(17)18)15-7-16/h4-7H,2-3H2,1H3,(H,17,18)(H,12,13,14).